The zero-order chi connectivity index (χ0) is 15.0. The van der Waals surface area contributed by atoms with Crippen LogP contribution in [-0.2, 0) is 5.67 Å². The second-order valence-corrected chi connectivity index (χ2v) is 4.66. The highest BCUT2D eigenvalue weighted by Crippen LogP contribution is 2.45. The molecule has 2 unspecified atom stereocenters. The Bertz CT molecular complexity index is 592. The van der Waals surface area contributed by atoms with E-state index in [1.165, 1.54) is 19.3 Å². The van der Waals surface area contributed by atoms with Crippen LogP contribution in [0.4, 0.5) is 17.6 Å². The molecule has 0 aliphatic heterocycles. The Labute approximate surface area is 113 Å². The van der Waals surface area contributed by atoms with Gasteiger partial charge in [-0.15, -0.1) is 0 Å². The van der Waals surface area contributed by atoms with E-state index in [-0.39, 0.29) is 12.1 Å². The first-order chi connectivity index (χ1) is 9.30. The van der Waals surface area contributed by atoms with E-state index in [1.54, 1.807) is 13.0 Å². The zero-order valence-corrected chi connectivity index (χ0v) is 11.1. The zero-order valence-electron chi connectivity index (χ0n) is 11.1. The van der Waals surface area contributed by atoms with Crippen LogP contribution in [0.25, 0.3) is 11.0 Å². The minimum Gasteiger partial charge on any atom is -0.464 e. The van der Waals surface area contributed by atoms with Gasteiger partial charge in [-0.05, 0) is 25.6 Å². The first-order valence-electron chi connectivity index (χ1n) is 6.27. The summed E-state index contributed by atoms with van der Waals surface area (Å²) in [6, 6.07) is 3.89. The summed E-state index contributed by atoms with van der Waals surface area (Å²) in [6.45, 7) is 3.05. The monoisotopic (exact) mass is 289 g/mol. The predicted molar refractivity (Wildman–Crippen MR) is 68.2 cm³/mol. The fourth-order valence-electron chi connectivity index (χ4n) is 2.29. The molecule has 1 N–H and O–H groups in total. The molecule has 1 heterocycles. The Morgan fingerprint density at radius 2 is 1.90 bits per heavy atom. The van der Waals surface area contributed by atoms with Gasteiger partial charge in [0.25, 0.3) is 0 Å². The van der Waals surface area contributed by atoms with Crippen LogP contribution in [0.3, 0.4) is 0 Å². The van der Waals surface area contributed by atoms with Gasteiger partial charge in [0.2, 0.25) is 5.67 Å². The molecule has 0 saturated heterocycles. The molecule has 0 aliphatic carbocycles. The highest BCUT2D eigenvalue weighted by atomic mass is 19.4. The van der Waals surface area contributed by atoms with Crippen LogP contribution >= 0.6 is 0 Å². The molecule has 110 valence electrons. The van der Waals surface area contributed by atoms with Crippen LogP contribution in [0.1, 0.15) is 19.4 Å². The number of benzene rings is 1. The number of likely N-dealkylation sites (N-methyl/N-ethyl adjacent to an activating group) is 1. The third-order valence-electron chi connectivity index (χ3n) is 3.40. The van der Waals surface area contributed by atoms with Gasteiger partial charge in [0.15, 0.2) is 0 Å². The molecule has 1 aromatic carbocycles. The smallest absolute Gasteiger partial charge is 0.428 e. The molecule has 0 saturated carbocycles. The maximum Gasteiger partial charge on any atom is 0.428 e. The van der Waals surface area contributed by atoms with E-state index in [0.29, 0.717) is 5.39 Å². The number of alkyl halides is 4. The summed E-state index contributed by atoms with van der Waals surface area (Å²) in [5.41, 5.74) is -3.69. The number of halogens is 4. The highest BCUT2D eigenvalue weighted by Gasteiger charge is 2.60. The normalized spacial score (nSPS) is 17.1. The van der Waals surface area contributed by atoms with Gasteiger partial charge in [-0.1, -0.05) is 19.1 Å². The number of fused-ring (bicyclic) bond motifs is 1. The predicted octanol–water partition coefficient (Wildman–Crippen LogP) is 4.16. The molecule has 2 nitrogen and oxygen atoms in total. The van der Waals surface area contributed by atoms with Crippen molar-refractivity contribution in [2.24, 2.45) is 0 Å². The average Bonchev–Trinajstić information content (AvgIpc) is 2.83. The third-order valence-corrected chi connectivity index (χ3v) is 3.40. The van der Waals surface area contributed by atoms with E-state index < -0.39 is 23.5 Å². The summed E-state index contributed by atoms with van der Waals surface area (Å²) in [7, 11) is 0. The van der Waals surface area contributed by atoms with Gasteiger partial charge < -0.3 is 9.73 Å². The fraction of sp³-hybridized carbons (Fsp3) is 0.429. The van der Waals surface area contributed by atoms with E-state index >= 15 is 0 Å². The first kappa shape index (κ1) is 14.8. The lowest BCUT2D eigenvalue weighted by Gasteiger charge is -2.34. The third kappa shape index (κ3) is 2.28. The molecule has 1 aromatic heterocycles. The summed E-state index contributed by atoms with van der Waals surface area (Å²) in [5, 5.41) is 3.14. The lowest BCUT2D eigenvalue weighted by atomic mass is 9.87. The van der Waals surface area contributed by atoms with Gasteiger partial charge in [-0.3, -0.25) is 0 Å². The number of hydrogen-bond donors (Lipinski definition) is 1. The Morgan fingerprint density at radius 3 is 2.50 bits per heavy atom. The van der Waals surface area contributed by atoms with E-state index in [1.807, 2.05) is 0 Å². The van der Waals surface area contributed by atoms with E-state index in [4.69, 9.17) is 4.42 Å². The molecule has 0 amide bonds. The summed E-state index contributed by atoms with van der Waals surface area (Å²) >= 11 is 0. The van der Waals surface area contributed by atoms with Gasteiger partial charge in [0, 0.05) is 10.9 Å². The molecule has 0 fully saturated rings. The van der Waals surface area contributed by atoms with Crippen LogP contribution in [0.5, 0.6) is 0 Å². The Kier molecular flexibility index (Phi) is 3.77. The molecular weight excluding hydrogens is 274 g/mol. The lowest BCUT2D eigenvalue weighted by Crippen LogP contribution is -2.53. The Hall–Kier alpha value is -1.56. The van der Waals surface area contributed by atoms with E-state index in [0.717, 1.165) is 12.1 Å². The second-order valence-electron chi connectivity index (χ2n) is 4.66. The molecule has 20 heavy (non-hydrogen) atoms. The maximum atomic E-state index is 14.8. The van der Waals surface area contributed by atoms with Crippen molar-refractivity contribution < 1.29 is 22.0 Å². The standard InChI is InChI=1S/C14H15F4NO/c1-3-19-9(2)13(15,14(16,17)18)11-5-4-10-6-7-20-12(10)8-11/h4-9,19H,3H2,1-2H3. The SMILES string of the molecule is CCNC(C)C(F)(c1ccc2ccoc2c1)C(F)(F)F. The minimum absolute atomic E-state index is 0.234. The largest absolute Gasteiger partial charge is 0.464 e. The molecule has 6 heteroatoms. The molecule has 0 radical (unpaired) electrons. The highest BCUT2D eigenvalue weighted by molar-refractivity contribution is 5.78. The molecular formula is C14H15F4NO. The van der Waals surface area contributed by atoms with Crippen LogP contribution in [0, 0.1) is 0 Å². The quantitative estimate of drug-likeness (QED) is 0.855. The van der Waals surface area contributed by atoms with Crippen molar-refractivity contribution in [3.05, 3.63) is 36.1 Å². The molecule has 2 rings (SSSR count). The van der Waals surface area contributed by atoms with Crippen molar-refractivity contribution >= 4 is 11.0 Å². The fourth-order valence-corrected chi connectivity index (χ4v) is 2.29. The van der Waals surface area contributed by atoms with Gasteiger partial charge in [0.1, 0.15) is 5.58 Å². The van der Waals surface area contributed by atoms with E-state index in [9.17, 15) is 17.6 Å². The van der Waals surface area contributed by atoms with Crippen LogP contribution in [0.2, 0.25) is 0 Å². The van der Waals surface area contributed by atoms with Crippen molar-refractivity contribution in [3.63, 3.8) is 0 Å². The summed E-state index contributed by atoms with van der Waals surface area (Å²) in [6.07, 6.45) is -3.66. The number of hydrogen-bond acceptors (Lipinski definition) is 2. The van der Waals surface area contributed by atoms with Crippen LogP contribution < -0.4 is 5.32 Å². The van der Waals surface area contributed by atoms with Gasteiger partial charge in [-0.25, -0.2) is 4.39 Å². The van der Waals surface area contributed by atoms with Crippen molar-refractivity contribution in [2.45, 2.75) is 31.7 Å². The maximum absolute atomic E-state index is 14.8. The van der Waals surface area contributed by atoms with Crippen molar-refractivity contribution in [1.82, 2.24) is 5.32 Å². The summed E-state index contributed by atoms with van der Waals surface area (Å²) in [4.78, 5) is 0. The van der Waals surface area contributed by atoms with Crippen molar-refractivity contribution in [2.75, 3.05) is 6.54 Å². The van der Waals surface area contributed by atoms with Gasteiger partial charge in [0.05, 0.1) is 12.3 Å². The van der Waals surface area contributed by atoms with Crippen molar-refractivity contribution in [3.8, 4) is 0 Å². The minimum atomic E-state index is -5.02. The van der Waals surface area contributed by atoms with Crippen LogP contribution in [-0.4, -0.2) is 18.8 Å². The summed E-state index contributed by atoms with van der Waals surface area (Å²) < 4.78 is 59.6. The van der Waals surface area contributed by atoms with E-state index in [2.05, 4.69) is 5.32 Å². The number of rotatable bonds is 4. The lowest BCUT2D eigenvalue weighted by molar-refractivity contribution is -0.244. The topological polar surface area (TPSA) is 25.2 Å². The molecule has 0 spiro atoms. The molecule has 2 aromatic rings. The van der Waals surface area contributed by atoms with Gasteiger partial charge >= 0.3 is 6.18 Å². The van der Waals surface area contributed by atoms with Crippen molar-refractivity contribution in [1.29, 1.82) is 0 Å². The molecule has 0 bridgehead atoms. The first-order valence-corrected chi connectivity index (χ1v) is 6.27. The Morgan fingerprint density at radius 1 is 1.20 bits per heavy atom. The number of nitrogens with one attached hydrogen (secondary N) is 1. The van der Waals surface area contributed by atoms with Gasteiger partial charge in [-0.2, -0.15) is 13.2 Å². The summed E-state index contributed by atoms with van der Waals surface area (Å²) in [5.74, 6) is 0. The molecule has 2 atom stereocenters. The Balaban J connectivity index is 2.55. The molecule has 0 aliphatic rings. The second kappa shape index (κ2) is 5.09. The van der Waals surface area contributed by atoms with Crippen LogP contribution in [0.15, 0.2) is 34.9 Å². The average molecular weight is 289 g/mol. The number of furan rings is 1.